The molecule has 18 unspecified atom stereocenters. The number of benzene rings is 5. The van der Waals surface area contributed by atoms with Gasteiger partial charge < -0.3 is 119 Å². The standard InChI is InChI=1S/C23H26N3O9PS.C22H26N3O7PS.C22H23NO8P2.C12H14N2O3S.3CH4/c1-9-16-15(10(2)27)20(29)26(16)17(22(32)35-36)18(9)37-13-7-14(25(8-13)23(33)34)19(28)24-12-5-3-4-11(6-12)21(30)31;1-9-16-15(10(2)26)20(28)25(16)17(22(31)32-33)18(9)34-13-7-14(23-8-13)19(27)24-12-5-3-4-11(6-12)21(29)30;1-13-18-17(14(2)24)21(25)23(18)19(22(26)28-32)20(13)31-33(27,29-15-9-5-3-6-10-15)30-16-11-7-4-8-12-16;15-11(10-5-9(18)6-13-10)14-8-3-1-2-7(4-8)12(16)17;;;/h3-6,9-10,13-16,27H,7-8,36H2,1-2H3,(H,24,28)(H,30,31)(H,33,34);3-6,9-10,13-16,23,26H,7-8,33H2,1-2H3,(H,24,27)(H,29,30);3-14,17-18,24H,32H2,1-2H3;1-4,9-10,13,18H,5-6H2,(H,14,15)(H,16,17);3*1H4/p-3/t2*9?,10?,13?,14-,15?,16?;;9?,10-;;;/m00.0.../s1. The second-order valence-corrected chi connectivity index (χ2v) is 35.3. The van der Waals surface area contributed by atoms with Crippen molar-refractivity contribution in [2.24, 2.45) is 35.5 Å². The number of anilines is 3. The summed E-state index contributed by atoms with van der Waals surface area (Å²) in [6.07, 6.45) is -3.03. The lowest BCUT2D eigenvalue weighted by atomic mass is 9.79. The number of aliphatic hydroxyl groups is 3. The minimum atomic E-state index is -4.40. The van der Waals surface area contributed by atoms with Gasteiger partial charge in [0.25, 0.3) is 0 Å². The number of hydrogen-bond donors (Lipinski definition) is 10. The van der Waals surface area contributed by atoms with Crippen molar-refractivity contribution in [1.29, 1.82) is 0 Å². The fourth-order valence-corrected chi connectivity index (χ4v) is 21.0. The molecular weight excluding hydrogens is 1760 g/mol. The second-order valence-electron chi connectivity index (χ2n) is 29.7. The highest BCUT2D eigenvalue weighted by atomic mass is 32.2. The van der Waals surface area contributed by atoms with E-state index in [0.29, 0.717) is 47.1 Å². The van der Waals surface area contributed by atoms with Crippen molar-refractivity contribution in [2.75, 3.05) is 35.6 Å². The molecule has 6 saturated heterocycles. The monoisotopic (exact) mass is 1860 g/mol. The molecule has 0 aromatic heterocycles. The molecule has 43 heteroatoms. The Labute approximate surface area is 741 Å². The molecule has 674 valence electrons. The van der Waals surface area contributed by atoms with Crippen LogP contribution in [-0.4, -0.2) is 207 Å². The van der Waals surface area contributed by atoms with Gasteiger partial charge >= 0.3 is 31.7 Å². The van der Waals surface area contributed by atoms with E-state index >= 15 is 0 Å². The van der Waals surface area contributed by atoms with Crippen LogP contribution in [0.5, 0.6) is 11.5 Å². The number of carboxylic acids is 3. The number of aromatic carboxylic acids is 3. The number of likely N-dealkylation sites (tertiary alicyclic amines) is 1. The third-order valence-electron chi connectivity index (χ3n) is 21.7. The van der Waals surface area contributed by atoms with Crippen molar-refractivity contribution in [3.05, 3.63) is 183 Å². The zero-order chi connectivity index (χ0) is 88.8. The molecule has 0 radical (unpaired) electrons. The van der Waals surface area contributed by atoms with Crippen molar-refractivity contribution in [2.45, 2.75) is 153 Å². The number of nitrogens with zero attached hydrogens (tertiary/aromatic N) is 4. The number of carboxylic acid groups (broad SMARTS) is 4. The van der Waals surface area contributed by atoms with Gasteiger partial charge in [-0.3, -0.25) is 33.7 Å². The van der Waals surface area contributed by atoms with Gasteiger partial charge in [0.1, 0.15) is 40.8 Å². The van der Waals surface area contributed by atoms with E-state index in [1.807, 2.05) is 42.2 Å². The Hall–Kier alpha value is -10.0. The zero-order valence-electron chi connectivity index (χ0n) is 65.7. The van der Waals surface area contributed by atoms with Crippen LogP contribution in [-0.2, 0) is 65.8 Å². The fourth-order valence-electron chi connectivity index (χ4n) is 16.0. The van der Waals surface area contributed by atoms with Crippen LogP contribution in [0.2, 0.25) is 0 Å². The first kappa shape index (κ1) is 100. The molecule has 0 saturated carbocycles. The number of β-lactam (4-membered cyclic amide) rings is 3. The number of carbonyl (C=O) groups is 13. The van der Waals surface area contributed by atoms with E-state index in [9.17, 15) is 97.5 Å². The summed E-state index contributed by atoms with van der Waals surface area (Å²) in [5.41, 5.74) is 1.02. The van der Waals surface area contributed by atoms with Gasteiger partial charge in [-0.25, -0.2) is 19.2 Å². The predicted octanol–water partition coefficient (Wildman–Crippen LogP) is 5.33. The molecule has 5 aromatic carbocycles. The number of amides is 7. The highest BCUT2D eigenvalue weighted by Crippen LogP contribution is 2.59. The summed E-state index contributed by atoms with van der Waals surface area (Å²) < 4.78 is 45.4. The lowest BCUT2D eigenvalue weighted by molar-refractivity contribution is -0.266. The summed E-state index contributed by atoms with van der Waals surface area (Å²) >= 11 is 6.92. The van der Waals surface area contributed by atoms with Crippen LogP contribution in [0, 0.1) is 35.5 Å². The van der Waals surface area contributed by atoms with Gasteiger partial charge in [0.2, 0.25) is 35.4 Å². The van der Waals surface area contributed by atoms with E-state index in [1.165, 1.54) is 107 Å². The molecule has 125 heavy (non-hydrogen) atoms. The lowest BCUT2D eigenvalue weighted by Gasteiger charge is -2.46. The zero-order valence-corrected chi connectivity index (χ0v) is 72.6. The van der Waals surface area contributed by atoms with E-state index in [0.717, 1.165) is 4.90 Å². The third kappa shape index (κ3) is 22.0. The molecule has 9 aliphatic heterocycles. The van der Waals surface area contributed by atoms with Crippen molar-refractivity contribution in [1.82, 2.24) is 30.2 Å². The highest BCUT2D eigenvalue weighted by Gasteiger charge is 2.64. The molecule has 0 aliphatic carbocycles. The topological polar surface area (TPSA) is 518 Å². The molecule has 21 atom stereocenters. The van der Waals surface area contributed by atoms with Crippen molar-refractivity contribution >= 4 is 167 Å². The lowest BCUT2D eigenvalue weighted by Crippen LogP contribution is -2.63. The number of fused-ring (bicyclic) bond motifs is 3. The summed E-state index contributed by atoms with van der Waals surface area (Å²) in [5, 5.41) is 86.8. The minimum absolute atomic E-state index is 0. The molecule has 6 fully saturated rings. The molecule has 9 aliphatic rings. The normalized spacial score (nSPS) is 25.3. The molecule has 9 N–H and O–H groups in total. The van der Waals surface area contributed by atoms with Gasteiger partial charge in [0.05, 0.1) is 112 Å². The average Bonchev–Trinajstić information content (AvgIpc) is 1.57. The maximum atomic E-state index is 13.8. The number of hydrogen-bond acceptors (Lipinski definition) is 31. The number of rotatable bonds is 25. The predicted molar refractivity (Wildman–Crippen MR) is 466 cm³/mol. The summed E-state index contributed by atoms with van der Waals surface area (Å²) in [5.74, 6) is -11.0. The summed E-state index contributed by atoms with van der Waals surface area (Å²) in [6.45, 7) is 11.1. The van der Waals surface area contributed by atoms with Crippen molar-refractivity contribution in [3.63, 3.8) is 0 Å². The number of thiol groups is 1. The van der Waals surface area contributed by atoms with Crippen LogP contribution < -0.4 is 51.0 Å². The number of carbonyl (C=O) groups excluding carboxylic acids is 12. The maximum absolute atomic E-state index is 13.8. The Kier molecular flexibility index (Phi) is 34.5. The van der Waals surface area contributed by atoms with Crippen LogP contribution in [0.15, 0.2) is 166 Å². The molecule has 14 rings (SSSR count). The molecule has 0 bridgehead atoms. The van der Waals surface area contributed by atoms with Gasteiger partial charge in [0.15, 0.2) is 5.70 Å². The average molecular weight is 1860 g/mol. The third-order valence-corrected chi connectivity index (χ3v) is 27.0. The largest absolute Gasteiger partial charge is 0.646 e. The fraction of sp³-hybridized carbons (Fsp3) is 0.402. The van der Waals surface area contributed by atoms with Crippen molar-refractivity contribution in [3.8, 4) is 11.5 Å². The molecule has 0 spiro atoms. The molecule has 9 heterocycles. The van der Waals surface area contributed by atoms with Crippen LogP contribution in [0.3, 0.4) is 0 Å². The van der Waals surface area contributed by atoms with Gasteiger partial charge in [0, 0.05) is 80.0 Å². The smallest absolute Gasteiger partial charge is 0.545 e. The van der Waals surface area contributed by atoms with Crippen LogP contribution >= 0.6 is 72.4 Å². The molecule has 36 nitrogen and oxygen atoms in total. The van der Waals surface area contributed by atoms with E-state index in [4.69, 9.17) is 32.2 Å². The Balaban J connectivity index is 0.000000210. The maximum Gasteiger partial charge on any atom is 0.646 e. The first-order chi connectivity index (χ1) is 57.9. The van der Waals surface area contributed by atoms with Gasteiger partial charge in [-0.2, -0.15) is 17.2 Å². The Bertz CT molecular complexity index is 5050. The van der Waals surface area contributed by atoms with E-state index in [-0.39, 0.29) is 144 Å². The SMILES string of the molecule is C.C.C.CC(O)C1C(=O)N2C(C(=O)OP)=C(OP(=O)(Oc3ccccc3)Oc3ccccc3)C(C)C12.CC(O)C1C(=O)N2C(C(=O)OP)=C(SC3CN[C@H](C(=O)Nc4cccc(C(=O)[O-])c4)C3)C(C)C12.CC(O)C1C(=O)N2C(C(=O)OP)=C(SC3C[C@@H](C(=O)Nc4cccc(C(=O)[O-])c4)N(C(=O)[O-])C3)C(C)C12.O=C(O)c1cccc(NC(=O)[C@@H]2CC(S)CN2)c1. The quantitative estimate of drug-likeness (QED) is 0.0200. The molecule has 5 aromatic rings. The second kappa shape index (κ2) is 43.0. The number of para-hydroxylation sites is 2. The number of aliphatic hydroxyl groups excluding tert-OH is 3. The van der Waals surface area contributed by atoms with Crippen molar-refractivity contribution < 1.29 is 130 Å². The minimum Gasteiger partial charge on any atom is -0.545 e. The van der Waals surface area contributed by atoms with Crippen LogP contribution in [0.25, 0.3) is 0 Å². The van der Waals surface area contributed by atoms with E-state index in [1.54, 1.807) is 92.7 Å². The number of thioether (sulfide) groups is 2. The summed E-state index contributed by atoms with van der Waals surface area (Å²) in [6, 6.07) is 30.8. The first-order valence-corrected chi connectivity index (χ1v) is 43.2. The van der Waals surface area contributed by atoms with Gasteiger partial charge in [-0.15, -0.1) is 23.5 Å². The number of nitrogens with one attached hydrogen (secondary N) is 5. The Morgan fingerprint density at radius 3 is 1.27 bits per heavy atom. The Morgan fingerprint density at radius 2 is 0.880 bits per heavy atom. The molecule has 7 amide bonds. The number of phosphoric ester groups is 1. The molecular formula is C82H98N9O27P4S3-3. The first-order valence-electron chi connectivity index (χ1n) is 38.0. The highest BCUT2D eigenvalue weighted by molar-refractivity contribution is 8.04. The number of phosphoric acid groups is 1. The van der Waals surface area contributed by atoms with Gasteiger partial charge in [-0.05, 0) is 118 Å². The Morgan fingerprint density at radius 1 is 0.504 bits per heavy atom. The summed E-state index contributed by atoms with van der Waals surface area (Å²) in [4.78, 5) is 164. The van der Waals surface area contributed by atoms with Crippen LogP contribution in [0.1, 0.15) is 114 Å². The van der Waals surface area contributed by atoms with Crippen LogP contribution in [0.4, 0.5) is 21.9 Å². The van der Waals surface area contributed by atoms with E-state index in [2.05, 4.69) is 39.2 Å². The van der Waals surface area contributed by atoms with Gasteiger partial charge in [-0.1, -0.05) is 110 Å². The summed E-state index contributed by atoms with van der Waals surface area (Å²) in [7, 11) is 1.17. The van der Waals surface area contributed by atoms with E-state index < -0.39 is 139 Å².